The number of fused-ring (bicyclic) bond motifs is 4. The fourth-order valence-corrected chi connectivity index (χ4v) is 4.19. The molecule has 2 aliphatic rings. The molecule has 2 aliphatic heterocycles. The summed E-state index contributed by atoms with van der Waals surface area (Å²) in [6.45, 7) is 0.333. The SMILES string of the molecule is COc1ccc(Cn2ncc3c2NC(=O)CC32C(=O)Nc3ccc(Cl)cc32)nc1. The largest absolute Gasteiger partial charge is 0.495 e. The molecule has 5 rings (SSSR count). The van der Waals surface area contributed by atoms with Gasteiger partial charge in [-0.2, -0.15) is 5.10 Å². The molecule has 1 spiro atoms. The summed E-state index contributed by atoms with van der Waals surface area (Å²) < 4.78 is 6.77. The summed E-state index contributed by atoms with van der Waals surface area (Å²) >= 11 is 6.20. The van der Waals surface area contributed by atoms with Gasteiger partial charge in [0, 0.05) is 22.7 Å². The summed E-state index contributed by atoms with van der Waals surface area (Å²) in [5, 5.41) is 10.7. The van der Waals surface area contributed by atoms with Crippen LogP contribution in [0, 0.1) is 0 Å². The zero-order valence-corrected chi connectivity index (χ0v) is 16.2. The minimum Gasteiger partial charge on any atom is -0.495 e. The van der Waals surface area contributed by atoms with E-state index >= 15 is 0 Å². The van der Waals surface area contributed by atoms with Crippen molar-refractivity contribution in [3.63, 3.8) is 0 Å². The van der Waals surface area contributed by atoms with Crippen LogP contribution in [0.4, 0.5) is 11.5 Å². The number of rotatable bonds is 3. The standard InChI is InChI=1S/C20H16ClN5O3/c1-29-13-4-3-12(22-8-13)10-26-18-15(9-23-26)20(7-17(27)25-18)14-6-11(21)2-5-16(14)24-19(20)28/h2-6,8-9H,7,10H2,1H3,(H,24,28)(H,25,27). The van der Waals surface area contributed by atoms with Crippen LogP contribution in [0.2, 0.25) is 5.02 Å². The number of halogens is 1. The van der Waals surface area contributed by atoms with Crippen molar-refractivity contribution < 1.29 is 14.3 Å². The topological polar surface area (TPSA) is 98.1 Å². The predicted octanol–water partition coefficient (Wildman–Crippen LogP) is 2.57. The fourth-order valence-electron chi connectivity index (χ4n) is 4.01. The zero-order chi connectivity index (χ0) is 20.2. The molecule has 1 unspecified atom stereocenters. The van der Waals surface area contributed by atoms with Crippen molar-refractivity contribution in [2.24, 2.45) is 0 Å². The highest BCUT2D eigenvalue weighted by Crippen LogP contribution is 2.50. The molecule has 1 atom stereocenters. The van der Waals surface area contributed by atoms with Gasteiger partial charge in [-0.3, -0.25) is 14.6 Å². The molecule has 0 saturated heterocycles. The average Bonchev–Trinajstić information content (AvgIpc) is 3.22. The van der Waals surface area contributed by atoms with E-state index in [1.165, 1.54) is 0 Å². The summed E-state index contributed by atoms with van der Waals surface area (Å²) in [7, 11) is 1.58. The van der Waals surface area contributed by atoms with E-state index in [0.29, 0.717) is 39.9 Å². The van der Waals surface area contributed by atoms with E-state index in [-0.39, 0.29) is 18.2 Å². The van der Waals surface area contributed by atoms with Gasteiger partial charge in [-0.05, 0) is 35.9 Å². The lowest BCUT2D eigenvalue weighted by molar-refractivity contribution is -0.125. The van der Waals surface area contributed by atoms with Crippen LogP contribution in [0.15, 0.2) is 42.7 Å². The number of nitrogens with one attached hydrogen (secondary N) is 2. The molecular formula is C20H16ClN5O3. The Labute approximate surface area is 170 Å². The number of carbonyl (C=O) groups excluding carboxylic acids is 2. The van der Waals surface area contributed by atoms with Crippen LogP contribution < -0.4 is 15.4 Å². The normalized spacial score (nSPS) is 19.5. The van der Waals surface area contributed by atoms with E-state index in [1.807, 2.05) is 6.07 Å². The highest BCUT2D eigenvalue weighted by molar-refractivity contribution is 6.31. The highest BCUT2D eigenvalue weighted by atomic mass is 35.5. The second kappa shape index (κ2) is 6.31. The molecule has 2 aromatic heterocycles. The molecule has 2 N–H and O–H groups in total. The summed E-state index contributed by atoms with van der Waals surface area (Å²) in [4.78, 5) is 30.0. The fraction of sp³-hybridized carbons (Fsp3) is 0.200. The minimum absolute atomic E-state index is 0.00828. The van der Waals surface area contributed by atoms with Crippen molar-refractivity contribution in [3.05, 3.63) is 64.6 Å². The Morgan fingerprint density at radius 2 is 2.03 bits per heavy atom. The van der Waals surface area contributed by atoms with E-state index in [1.54, 1.807) is 48.5 Å². The van der Waals surface area contributed by atoms with Gasteiger partial charge in [0.15, 0.2) is 0 Å². The molecule has 0 fully saturated rings. The molecule has 4 heterocycles. The maximum atomic E-state index is 13.1. The number of methoxy groups -OCH3 is 1. The molecule has 0 aliphatic carbocycles. The Bertz CT molecular complexity index is 1160. The number of ether oxygens (including phenoxy) is 1. The second-order valence-corrected chi connectivity index (χ2v) is 7.46. The third-order valence-electron chi connectivity index (χ3n) is 5.41. The molecule has 0 saturated carbocycles. The van der Waals surface area contributed by atoms with Crippen molar-refractivity contribution in [2.45, 2.75) is 18.4 Å². The third kappa shape index (κ3) is 2.60. The van der Waals surface area contributed by atoms with E-state index < -0.39 is 5.41 Å². The van der Waals surface area contributed by atoms with Crippen LogP contribution in [0.3, 0.4) is 0 Å². The molecule has 0 bridgehead atoms. The summed E-state index contributed by atoms with van der Waals surface area (Å²) in [5.41, 5.74) is 1.58. The summed E-state index contributed by atoms with van der Waals surface area (Å²) in [6, 6.07) is 8.83. The Balaban J connectivity index is 1.61. The van der Waals surface area contributed by atoms with E-state index in [0.717, 1.165) is 5.69 Å². The summed E-state index contributed by atoms with van der Waals surface area (Å²) in [5.74, 6) is 0.624. The van der Waals surface area contributed by atoms with Gasteiger partial charge in [0.1, 0.15) is 17.0 Å². The lowest BCUT2D eigenvalue weighted by Crippen LogP contribution is -2.43. The Morgan fingerprint density at radius 1 is 1.17 bits per heavy atom. The minimum atomic E-state index is -1.15. The lowest BCUT2D eigenvalue weighted by Gasteiger charge is -2.31. The van der Waals surface area contributed by atoms with E-state index in [4.69, 9.17) is 16.3 Å². The van der Waals surface area contributed by atoms with Gasteiger partial charge in [0.2, 0.25) is 11.8 Å². The first kappa shape index (κ1) is 17.7. The molecule has 29 heavy (non-hydrogen) atoms. The van der Waals surface area contributed by atoms with E-state index in [9.17, 15) is 9.59 Å². The van der Waals surface area contributed by atoms with Crippen LogP contribution in [0.5, 0.6) is 5.75 Å². The van der Waals surface area contributed by atoms with Crippen LogP contribution in [0.1, 0.15) is 23.2 Å². The van der Waals surface area contributed by atoms with Gasteiger partial charge in [0.25, 0.3) is 0 Å². The lowest BCUT2D eigenvalue weighted by atomic mass is 9.72. The number of carbonyl (C=O) groups is 2. The van der Waals surface area contributed by atoms with Gasteiger partial charge >= 0.3 is 0 Å². The van der Waals surface area contributed by atoms with Gasteiger partial charge in [-0.1, -0.05) is 11.6 Å². The van der Waals surface area contributed by atoms with Crippen molar-refractivity contribution in [1.82, 2.24) is 14.8 Å². The molecule has 3 aromatic rings. The molecule has 2 amide bonds. The maximum absolute atomic E-state index is 13.1. The van der Waals surface area contributed by atoms with Crippen LogP contribution in [0.25, 0.3) is 0 Å². The molecule has 146 valence electrons. The first-order valence-corrected chi connectivity index (χ1v) is 9.35. The molecule has 0 radical (unpaired) electrons. The van der Waals surface area contributed by atoms with Crippen LogP contribution in [-0.2, 0) is 21.5 Å². The predicted molar refractivity (Wildman–Crippen MR) is 106 cm³/mol. The number of hydrogen-bond acceptors (Lipinski definition) is 5. The number of hydrogen-bond donors (Lipinski definition) is 2. The highest BCUT2D eigenvalue weighted by Gasteiger charge is 2.54. The number of aromatic nitrogens is 3. The third-order valence-corrected chi connectivity index (χ3v) is 5.64. The van der Waals surface area contributed by atoms with Gasteiger partial charge in [-0.15, -0.1) is 0 Å². The zero-order valence-electron chi connectivity index (χ0n) is 15.4. The van der Waals surface area contributed by atoms with E-state index in [2.05, 4.69) is 20.7 Å². The Morgan fingerprint density at radius 3 is 2.79 bits per heavy atom. The van der Waals surface area contributed by atoms with Gasteiger partial charge in [-0.25, -0.2) is 4.68 Å². The monoisotopic (exact) mass is 409 g/mol. The second-order valence-electron chi connectivity index (χ2n) is 7.03. The smallest absolute Gasteiger partial charge is 0.240 e. The number of pyridine rings is 1. The average molecular weight is 410 g/mol. The number of amides is 2. The number of nitrogens with zero attached hydrogens (tertiary/aromatic N) is 3. The van der Waals surface area contributed by atoms with Gasteiger partial charge < -0.3 is 15.4 Å². The Hall–Kier alpha value is -3.39. The number of anilines is 2. The number of benzene rings is 1. The summed E-state index contributed by atoms with van der Waals surface area (Å²) in [6.07, 6.45) is 3.24. The quantitative estimate of drug-likeness (QED) is 0.692. The molecule has 8 nitrogen and oxygen atoms in total. The van der Waals surface area contributed by atoms with Crippen molar-refractivity contribution in [1.29, 1.82) is 0 Å². The van der Waals surface area contributed by atoms with Crippen molar-refractivity contribution in [2.75, 3.05) is 17.7 Å². The van der Waals surface area contributed by atoms with Crippen LogP contribution in [-0.4, -0.2) is 33.7 Å². The maximum Gasteiger partial charge on any atom is 0.240 e. The Kier molecular flexibility index (Phi) is 3.85. The molecule has 1 aromatic carbocycles. The first-order valence-electron chi connectivity index (χ1n) is 8.98. The van der Waals surface area contributed by atoms with Crippen LogP contribution >= 0.6 is 11.6 Å². The van der Waals surface area contributed by atoms with Crippen molar-refractivity contribution in [3.8, 4) is 5.75 Å². The van der Waals surface area contributed by atoms with Crippen molar-refractivity contribution >= 4 is 34.9 Å². The molecular weight excluding hydrogens is 394 g/mol. The molecule has 9 heteroatoms. The van der Waals surface area contributed by atoms with Gasteiger partial charge in [0.05, 0.1) is 31.7 Å². The first-order chi connectivity index (χ1) is 14.0.